The highest BCUT2D eigenvalue weighted by Gasteiger charge is 2.33. The molecule has 2 aromatic carbocycles. The predicted molar refractivity (Wildman–Crippen MR) is 98.0 cm³/mol. The van der Waals surface area contributed by atoms with Gasteiger partial charge in [0.15, 0.2) is 0 Å². The van der Waals surface area contributed by atoms with Crippen LogP contribution in [0, 0.1) is 11.7 Å². The summed E-state index contributed by atoms with van der Waals surface area (Å²) in [5.74, 6) is -1.25. The molecule has 1 N–H and O–H groups in total. The van der Waals surface area contributed by atoms with Gasteiger partial charge >= 0.3 is 0 Å². The number of nitrogens with one attached hydrogen (secondary N) is 1. The molecule has 1 fully saturated rings. The Kier molecular flexibility index (Phi) is 5.60. The first-order valence-corrected chi connectivity index (χ1v) is 10.0. The van der Waals surface area contributed by atoms with Crippen molar-refractivity contribution >= 4 is 33.2 Å². The van der Waals surface area contributed by atoms with Gasteiger partial charge in [-0.3, -0.25) is 4.79 Å². The van der Waals surface area contributed by atoms with Crippen LogP contribution in [0.15, 0.2) is 53.4 Å². The number of hydrogen-bond acceptors (Lipinski definition) is 3. The van der Waals surface area contributed by atoms with Crippen LogP contribution in [0.5, 0.6) is 0 Å². The van der Waals surface area contributed by atoms with E-state index in [0.29, 0.717) is 30.1 Å². The maximum Gasteiger partial charge on any atom is 0.243 e. The van der Waals surface area contributed by atoms with Crippen LogP contribution in [-0.2, 0) is 14.8 Å². The normalized spacial score (nSPS) is 18.5. The second kappa shape index (κ2) is 7.73. The van der Waals surface area contributed by atoms with E-state index in [1.165, 1.54) is 46.8 Å². The smallest absolute Gasteiger partial charge is 0.243 e. The van der Waals surface area contributed by atoms with Gasteiger partial charge in [0.25, 0.3) is 0 Å². The van der Waals surface area contributed by atoms with Crippen molar-refractivity contribution in [2.24, 2.45) is 5.92 Å². The number of anilines is 1. The van der Waals surface area contributed by atoms with E-state index in [1.807, 2.05) is 0 Å². The number of halogens is 2. The van der Waals surface area contributed by atoms with E-state index in [0.717, 1.165) is 0 Å². The van der Waals surface area contributed by atoms with Crippen LogP contribution >= 0.6 is 11.6 Å². The molecule has 5 nitrogen and oxygen atoms in total. The van der Waals surface area contributed by atoms with Crippen molar-refractivity contribution in [1.29, 1.82) is 0 Å². The van der Waals surface area contributed by atoms with Crippen LogP contribution in [0.4, 0.5) is 10.1 Å². The highest BCUT2D eigenvalue weighted by molar-refractivity contribution is 7.89. The summed E-state index contributed by atoms with van der Waals surface area (Å²) < 4.78 is 40.1. The van der Waals surface area contributed by atoms with E-state index in [9.17, 15) is 17.6 Å². The Hall–Kier alpha value is -1.96. The maximum atomic E-state index is 13.2. The zero-order valence-electron chi connectivity index (χ0n) is 13.9. The van der Waals surface area contributed by atoms with Crippen LogP contribution in [0.1, 0.15) is 12.8 Å². The molecule has 3 rings (SSSR count). The molecule has 2 aromatic rings. The number of nitrogens with zero attached hydrogens (tertiary/aromatic N) is 1. The fraction of sp³-hybridized carbons (Fsp3) is 0.278. The maximum absolute atomic E-state index is 13.2. The topological polar surface area (TPSA) is 66.5 Å². The van der Waals surface area contributed by atoms with E-state index in [1.54, 1.807) is 6.07 Å². The Bertz CT molecular complexity index is 903. The van der Waals surface area contributed by atoms with E-state index in [-0.39, 0.29) is 17.3 Å². The van der Waals surface area contributed by atoms with Crippen LogP contribution in [0.2, 0.25) is 5.02 Å². The minimum atomic E-state index is -3.69. The number of hydrogen-bond donors (Lipinski definition) is 1. The Morgan fingerprint density at radius 2 is 1.92 bits per heavy atom. The number of benzene rings is 2. The first kappa shape index (κ1) is 18.8. The Balaban J connectivity index is 1.72. The van der Waals surface area contributed by atoms with Gasteiger partial charge in [0.2, 0.25) is 15.9 Å². The summed E-state index contributed by atoms with van der Waals surface area (Å²) in [5.41, 5.74) is 0.354. The molecule has 1 aliphatic heterocycles. The lowest BCUT2D eigenvalue weighted by Gasteiger charge is -2.31. The first-order chi connectivity index (χ1) is 12.4. The molecule has 0 unspecified atom stereocenters. The van der Waals surface area contributed by atoms with Crippen molar-refractivity contribution in [3.63, 3.8) is 0 Å². The highest BCUT2D eigenvalue weighted by atomic mass is 35.5. The van der Waals surface area contributed by atoms with Gasteiger partial charge in [-0.1, -0.05) is 17.7 Å². The van der Waals surface area contributed by atoms with Crippen molar-refractivity contribution in [2.45, 2.75) is 17.7 Å². The fourth-order valence-electron chi connectivity index (χ4n) is 2.94. The molecule has 1 aliphatic rings. The van der Waals surface area contributed by atoms with Crippen molar-refractivity contribution < 1.29 is 17.6 Å². The number of rotatable bonds is 4. The van der Waals surface area contributed by atoms with E-state index < -0.39 is 21.8 Å². The van der Waals surface area contributed by atoms with Gasteiger partial charge < -0.3 is 5.32 Å². The first-order valence-electron chi connectivity index (χ1n) is 8.18. The summed E-state index contributed by atoms with van der Waals surface area (Å²) in [6, 6.07) is 11.6. The van der Waals surface area contributed by atoms with Gasteiger partial charge in [-0.25, -0.2) is 12.8 Å². The summed E-state index contributed by atoms with van der Waals surface area (Å²) in [6.45, 7) is 0.445. The lowest BCUT2D eigenvalue weighted by Crippen LogP contribution is -2.43. The highest BCUT2D eigenvalue weighted by Crippen LogP contribution is 2.25. The summed E-state index contributed by atoms with van der Waals surface area (Å²) in [4.78, 5) is 12.6. The van der Waals surface area contributed by atoms with Gasteiger partial charge in [0, 0.05) is 23.8 Å². The summed E-state index contributed by atoms with van der Waals surface area (Å²) in [7, 11) is -3.69. The van der Waals surface area contributed by atoms with Crippen LogP contribution in [0.25, 0.3) is 0 Å². The average molecular weight is 397 g/mol. The minimum absolute atomic E-state index is 0.0894. The number of sulfonamides is 1. The zero-order valence-corrected chi connectivity index (χ0v) is 15.4. The fourth-order valence-corrected chi connectivity index (χ4v) is 4.59. The molecule has 1 heterocycles. The van der Waals surface area contributed by atoms with Crippen LogP contribution in [0.3, 0.4) is 0 Å². The molecule has 1 amide bonds. The molecule has 1 atom stereocenters. The second-order valence-electron chi connectivity index (χ2n) is 6.16. The molecule has 8 heteroatoms. The number of piperidine rings is 1. The summed E-state index contributed by atoms with van der Waals surface area (Å²) in [6.07, 6.45) is 1.15. The van der Waals surface area contributed by atoms with E-state index in [4.69, 9.17) is 11.6 Å². The monoisotopic (exact) mass is 396 g/mol. The average Bonchev–Trinajstić information content (AvgIpc) is 2.62. The zero-order chi connectivity index (χ0) is 18.7. The van der Waals surface area contributed by atoms with Crippen molar-refractivity contribution in [1.82, 2.24) is 4.31 Å². The Labute approximate surface area is 156 Å². The number of amides is 1. The third-order valence-electron chi connectivity index (χ3n) is 4.30. The molecule has 138 valence electrons. The molecule has 26 heavy (non-hydrogen) atoms. The van der Waals surface area contributed by atoms with Gasteiger partial charge in [-0.05, 0) is 55.3 Å². The molecule has 0 bridgehead atoms. The number of carbonyl (C=O) groups is 1. The Morgan fingerprint density at radius 1 is 1.19 bits per heavy atom. The predicted octanol–water partition coefficient (Wildman–Crippen LogP) is 3.52. The molecule has 1 saturated heterocycles. The largest absolute Gasteiger partial charge is 0.326 e. The third-order valence-corrected chi connectivity index (χ3v) is 6.43. The molecular weight excluding hydrogens is 379 g/mol. The molecule has 0 saturated carbocycles. The van der Waals surface area contributed by atoms with Gasteiger partial charge in [-0.2, -0.15) is 4.31 Å². The summed E-state index contributed by atoms with van der Waals surface area (Å²) in [5, 5.41) is 3.11. The summed E-state index contributed by atoms with van der Waals surface area (Å²) >= 11 is 5.81. The lowest BCUT2D eigenvalue weighted by atomic mass is 9.99. The molecule has 0 aliphatic carbocycles. The van der Waals surface area contributed by atoms with Crippen molar-refractivity contribution in [3.8, 4) is 0 Å². The quantitative estimate of drug-likeness (QED) is 0.859. The van der Waals surface area contributed by atoms with Crippen LogP contribution < -0.4 is 5.32 Å². The standard InChI is InChI=1S/C18H18ClFN2O3S/c19-14-6-8-17(9-7-14)26(24,25)22-10-2-3-13(12-22)18(23)21-16-5-1-4-15(20)11-16/h1,4-9,11,13H,2-3,10,12H2,(H,21,23)/t13-/m0/s1. The van der Waals surface area contributed by atoms with Gasteiger partial charge in [-0.15, -0.1) is 0 Å². The molecular formula is C18H18ClFN2O3S. The van der Waals surface area contributed by atoms with E-state index >= 15 is 0 Å². The van der Waals surface area contributed by atoms with Gasteiger partial charge in [0.1, 0.15) is 5.82 Å². The lowest BCUT2D eigenvalue weighted by molar-refractivity contribution is -0.120. The van der Waals surface area contributed by atoms with E-state index in [2.05, 4.69) is 5.32 Å². The number of carbonyl (C=O) groups excluding carboxylic acids is 1. The van der Waals surface area contributed by atoms with Crippen molar-refractivity contribution in [3.05, 3.63) is 59.4 Å². The Morgan fingerprint density at radius 3 is 2.62 bits per heavy atom. The van der Waals surface area contributed by atoms with Crippen LogP contribution in [-0.4, -0.2) is 31.7 Å². The minimum Gasteiger partial charge on any atom is -0.326 e. The SMILES string of the molecule is O=C(Nc1cccc(F)c1)[C@H]1CCCN(S(=O)(=O)c2ccc(Cl)cc2)C1. The van der Waals surface area contributed by atoms with Crippen molar-refractivity contribution in [2.75, 3.05) is 18.4 Å². The third kappa shape index (κ3) is 4.23. The van der Waals surface area contributed by atoms with Gasteiger partial charge in [0.05, 0.1) is 10.8 Å². The second-order valence-corrected chi connectivity index (χ2v) is 8.53. The molecule has 0 aromatic heterocycles. The molecule has 0 spiro atoms. The molecule has 0 radical (unpaired) electrons.